The molecule has 1 aliphatic heterocycles. The molecule has 2 rings (SSSR count). The molecule has 0 radical (unpaired) electrons. The monoisotopic (exact) mass is 142 g/mol. The molecule has 0 amide bonds. The fourth-order valence-corrected chi connectivity index (χ4v) is 1.83. The summed E-state index contributed by atoms with van der Waals surface area (Å²) >= 11 is 0. The van der Waals surface area contributed by atoms with Crippen LogP contribution in [-0.4, -0.2) is 19.0 Å². The van der Waals surface area contributed by atoms with Gasteiger partial charge in [-0.05, 0) is 12.8 Å². The van der Waals surface area contributed by atoms with E-state index in [1.807, 2.05) is 0 Å². The van der Waals surface area contributed by atoms with Crippen LogP contribution in [0.4, 0.5) is 0 Å². The molecule has 2 nitrogen and oxygen atoms in total. The second kappa shape index (κ2) is 2.89. The second-order valence-electron chi connectivity index (χ2n) is 3.17. The first kappa shape index (κ1) is 6.62. The van der Waals surface area contributed by atoms with E-state index in [-0.39, 0.29) is 0 Å². The van der Waals surface area contributed by atoms with E-state index in [0.717, 1.165) is 0 Å². The summed E-state index contributed by atoms with van der Waals surface area (Å²) in [5.74, 6) is 0. The van der Waals surface area contributed by atoms with Gasteiger partial charge in [-0.25, -0.2) is 0 Å². The SMILES string of the molecule is C1CCC2OCOC2CC1. The second-order valence-corrected chi connectivity index (χ2v) is 3.17. The third-order valence-corrected chi connectivity index (χ3v) is 2.46. The third kappa shape index (κ3) is 1.18. The van der Waals surface area contributed by atoms with E-state index in [4.69, 9.17) is 9.47 Å². The van der Waals surface area contributed by atoms with Crippen LogP contribution in [0.3, 0.4) is 0 Å². The molecule has 10 heavy (non-hydrogen) atoms. The van der Waals surface area contributed by atoms with Crippen molar-refractivity contribution in [1.82, 2.24) is 0 Å². The highest BCUT2D eigenvalue weighted by Gasteiger charge is 2.29. The largest absolute Gasteiger partial charge is 0.349 e. The van der Waals surface area contributed by atoms with E-state index in [1.54, 1.807) is 0 Å². The number of hydrogen-bond acceptors (Lipinski definition) is 2. The summed E-state index contributed by atoms with van der Waals surface area (Å²) in [4.78, 5) is 0. The van der Waals surface area contributed by atoms with Gasteiger partial charge in [-0.2, -0.15) is 0 Å². The normalized spacial score (nSPS) is 40.8. The molecule has 0 spiro atoms. The Hall–Kier alpha value is -0.0800. The first-order valence-electron chi connectivity index (χ1n) is 4.20. The Bertz CT molecular complexity index is 102. The molecule has 1 saturated heterocycles. The van der Waals surface area contributed by atoms with Gasteiger partial charge in [0.2, 0.25) is 0 Å². The quantitative estimate of drug-likeness (QED) is 0.512. The van der Waals surface area contributed by atoms with Crippen molar-refractivity contribution in [1.29, 1.82) is 0 Å². The molecule has 2 fully saturated rings. The zero-order valence-corrected chi connectivity index (χ0v) is 6.21. The fourth-order valence-electron chi connectivity index (χ4n) is 1.83. The summed E-state index contributed by atoms with van der Waals surface area (Å²) in [5.41, 5.74) is 0. The van der Waals surface area contributed by atoms with Gasteiger partial charge in [0, 0.05) is 0 Å². The van der Waals surface area contributed by atoms with Crippen molar-refractivity contribution in [3.8, 4) is 0 Å². The lowest BCUT2D eigenvalue weighted by Crippen LogP contribution is -2.20. The Morgan fingerprint density at radius 1 is 0.800 bits per heavy atom. The Labute approximate surface area is 61.5 Å². The van der Waals surface area contributed by atoms with Crippen LogP contribution >= 0.6 is 0 Å². The minimum Gasteiger partial charge on any atom is -0.349 e. The molecular weight excluding hydrogens is 128 g/mol. The van der Waals surface area contributed by atoms with Gasteiger partial charge in [-0.15, -0.1) is 0 Å². The van der Waals surface area contributed by atoms with E-state index >= 15 is 0 Å². The lowest BCUT2D eigenvalue weighted by Gasteiger charge is -2.11. The number of ether oxygens (including phenoxy) is 2. The van der Waals surface area contributed by atoms with Gasteiger partial charge >= 0.3 is 0 Å². The number of hydrogen-bond donors (Lipinski definition) is 0. The van der Waals surface area contributed by atoms with Crippen molar-refractivity contribution in [2.45, 2.75) is 44.3 Å². The van der Waals surface area contributed by atoms with Crippen LogP contribution in [0.5, 0.6) is 0 Å². The number of rotatable bonds is 0. The van der Waals surface area contributed by atoms with Gasteiger partial charge in [0.05, 0.1) is 12.2 Å². The zero-order chi connectivity index (χ0) is 6.81. The maximum Gasteiger partial charge on any atom is 0.147 e. The van der Waals surface area contributed by atoms with Crippen molar-refractivity contribution in [2.75, 3.05) is 6.79 Å². The third-order valence-electron chi connectivity index (χ3n) is 2.46. The zero-order valence-electron chi connectivity index (χ0n) is 6.21. The Balaban J connectivity index is 1.95. The summed E-state index contributed by atoms with van der Waals surface area (Å²) in [6.45, 7) is 0.537. The van der Waals surface area contributed by atoms with Gasteiger partial charge in [0.25, 0.3) is 0 Å². The summed E-state index contributed by atoms with van der Waals surface area (Å²) in [6.07, 6.45) is 7.30. The van der Waals surface area contributed by atoms with E-state index in [1.165, 1.54) is 32.1 Å². The van der Waals surface area contributed by atoms with Gasteiger partial charge in [0.1, 0.15) is 6.79 Å². The molecule has 0 N–H and O–H groups in total. The molecule has 2 unspecified atom stereocenters. The average molecular weight is 142 g/mol. The molecule has 2 heteroatoms. The highest BCUT2D eigenvalue weighted by molar-refractivity contribution is 4.76. The topological polar surface area (TPSA) is 18.5 Å². The van der Waals surface area contributed by atoms with Crippen molar-refractivity contribution < 1.29 is 9.47 Å². The standard InChI is InChI=1S/C8H14O2/c1-2-4-7-8(5-3-1)10-6-9-7/h7-8H,1-6H2. The van der Waals surface area contributed by atoms with Gasteiger partial charge in [-0.1, -0.05) is 19.3 Å². The lowest BCUT2D eigenvalue weighted by molar-refractivity contribution is 0.0341. The Morgan fingerprint density at radius 2 is 1.40 bits per heavy atom. The van der Waals surface area contributed by atoms with Gasteiger partial charge in [-0.3, -0.25) is 0 Å². The predicted octanol–water partition coefficient (Wildman–Crippen LogP) is 1.69. The predicted molar refractivity (Wildman–Crippen MR) is 37.7 cm³/mol. The maximum absolute atomic E-state index is 5.41. The lowest BCUT2D eigenvalue weighted by atomic mass is 10.1. The van der Waals surface area contributed by atoms with E-state index in [2.05, 4.69) is 0 Å². The molecular formula is C8H14O2. The van der Waals surface area contributed by atoms with Gasteiger partial charge in [0.15, 0.2) is 0 Å². The van der Waals surface area contributed by atoms with E-state index in [0.29, 0.717) is 19.0 Å². The first-order chi connectivity index (χ1) is 4.97. The van der Waals surface area contributed by atoms with E-state index in [9.17, 15) is 0 Å². The molecule has 58 valence electrons. The number of fused-ring (bicyclic) bond motifs is 1. The van der Waals surface area contributed by atoms with Crippen LogP contribution in [0.2, 0.25) is 0 Å². The van der Waals surface area contributed by atoms with Gasteiger partial charge < -0.3 is 9.47 Å². The maximum atomic E-state index is 5.41. The van der Waals surface area contributed by atoms with Crippen LogP contribution in [-0.2, 0) is 9.47 Å². The molecule has 2 aliphatic rings. The van der Waals surface area contributed by atoms with Crippen molar-refractivity contribution in [3.63, 3.8) is 0 Å². The summed E-state index contributed by atoms with van der Waals surface area (Å²) in [6, 6.07) is 0. The Kier molecular flexibility index (Phi) is 1.91. The summed E-state index contributed by atoms with van der Waals surface area (Å²) in [5, 5.41) is 0. The first-order valence-corrected chi connectivity index (χ1v) is 4.20. The minimum atomic E-state index is 0.433. The van der Waals surface area contributed by atoms with Crippen LogP contribution in [0, 0.1) is 0 Å². The molecule has 0 bridgehead atoms. The van der Waals surface area contributed by atoms with Crippen LogP contribution in [0.1, 0.15) is 32.1 Å². The summed E-state index contributed by atoms with van der Waals surface area (Å²) < 4.78 is 10.8. The Morgan fingerprint density at radius 3 is 2.00 bits per heavy atom. The fraction of sp³-hybridized carbons (Fsp3) is 1.00. The highest BCUT2D eigenvalue weighted by Crippen LogP contribution is 2.26. The van der Waals surface area contributed by atoms with Crippen LogP contribution in [0.25, 0.3) is 0 Å². The molecule has 1 saturated carbocycles. The molecule has 2 atom stereocenters. The molecule has 1 heterocycles. The molecule has 0 aromatic rings. The van der Waals surface area contributed by atoms with Crippen molar-refractivity contribution in [3.05, 3.63) is 0 Å². The average Bonchev–Trinajstić information content (AvgIpc) is 2.28. The smallest absolute Gasteiger partial charge is 0.147 e. The molecule has 0 aromatic carbocycles. The van der Waals surface area contributed by atoms with Crippen LogP contribution in [0.15, 0.2) is 0 Å². The molecule has 1 aliphatic carbocycles. The minimum absolute atomic E-state index is 0.433. The van der Waals surface area contributed by atoms with Crippen LogP contribution < -0.4 is 0 Å². The molecule has 0 aromatic heterocycles. The van der Waals surface area contributed by atoms with Crippen molar-refractivity contribution in [2.24, 2.45) is 0 Å². The summed E-state index contributed by atoms with van der Waals surface area (Å²) in [7, 11) is 0. The highest BCUT2D eigenvalue weighted by atomic mass is 16.7. The van der Waals surface area contributed by atoms with E-state index < -0.39 is 0 Å². The van der Waals surface area contributed by atoms with Crippen molar-refractivity contribution >= 4 is 0 Å².